The van der Waals surface area contributed by atoms with Gasteiger partial charge in [-0.05, 0) is 22.7 Å². The Hall–Kier alpha value is 0.310. The first-order chi connectivity index (χ1) is 8.76. The first-order valence-corrected chi connectivity index (χ1v) is 9.11. The van der Waals surface area contributed by atoms with Gasteiger partial charge in [0.25, 0.3) is 0 Å². The van der Waals surface area contributed by atoms with E-state index in [9.17, 15) is 0 Å². The van der Waals surface area contributed by atoms with Crippen molar-refractivity contribution in [2.45, 2.75) is 85.7 Å². The number of thioether (sulfide) groups is 1. The third-order valence-electron chi connectivity index (χ3n) is 4.69. The van der Waals surface area contributed by atoms with Gasteiger partial charge in [-0.3, -0.25) is 0 Å². The van der Waals surface area contributed by atoms with Crippen molar-refractivity contribution >= 4 is 11.8 Å². The molecule has 0 amide bonds. The van der Waals surface area contributed by atoms with E-state index in [1.165, 1.54) is 12.2 Å². The van der Waals surface area contributed by atoms with Gasteiger partial charge in [-0.2, -0.15) is 11.8 Å². The number of rotatable bonds is 1. The van der Waals surface area contributed by atoms with Crippen molar-refractivity contribution in [1.29, 1.82) is 0 Å². The average molecular weight is 299 g/mol. The van der Waals surface area contributed by atoms with Gasteiger partial charge in [0.2, 0.25) is 0 Å². The first kappa shape index (κ1) is 16.7. The maximum absolute atomic E-state index is 6.81. The predicted molar refractivity (Wildman–Crippen MR) is 90.3 cm³/mol. The molecule has 0 aromatic carbocycles. The van der Waals surface area contributed by atoms with Crippen LogP contribution < -0.4 is 0 Å². The smallest absolute Gasteiger partial charge is 0.0826 e. The lowest BCUT2D eigenvalue weighted by Crippen LogP contribution is -2.45. The molecular weight excluding hydrogens is 264 g/mol. The Bertz CT molecular complexity index is 368. The second kappa shape index (κ2) is 4.65. The summed E-state index contributed by atoms with van der Waals surface area (Å²) in [7, 11) is 0. The van der Waals surface area contributed by atoms with Gasteiger partial charge in [0.15, 0.2) is 0 Å². The lowest BCUT2D eigenvalue weighted by molar-refractivity contribution is -0.108. The Kier molecular flexibility index (Phi) is 3.88. The summed E-state index contributed by atoms with van der Waals surface area (Å²) in [6.45, 7) is 21.3. The molecule has 2 fully saturated rings. The quantitative estimate of drug-likeness (QED) is 0.642. The van der Waals surface area contributed by atoms with E-state index in [4.69, 9.17) is 4.74 Å². The molecule has 118 valence electrons. The maximum atomic E-state index is 6.81. The molecule has 2 aliphatic heterocycles. The second-order valence-electron chi connectivity index (χ2n) is 10.3. The van der Waals surface area contributed by atoms with E-state index in [1.807, 2.05) is 0 Å². The van der Waals surface area contributed by atoms with Crippen LogP contribution in [0.2, 0.25) is 0 Å². The Balaban J connectivity index is 2.39. The van der Waals surface area contributed by atoms with Crippen LogP contribution >= 0.6 is 11.8 Å². The summed E-state index contributed by atoms with van der Waals surface area (Å²) in [5.41, 5.74) is 0.968. The van der Waals surface area contributed by atoms with Crippen LogP contribution in [0.15, 0.2) is 0 Å². The monoisotopic (exact) mass is 298 g/mol. The van der Waals surface area contributed by atoms with Crippen LogP contribution in [-0.4, -0.2) is 22.7 Å². The minimum atomic E-state index is 0.0871. The predicted octanol–water partition coefficient (Wildman–Crippen LogP) is 5.38. The molecule has 0 saturated carbocycles. The van der Waals surface area contributed by atoms with Crippen LogP contribution in [0.3, 0.4) is 0 Å². The molecule has 2 aliphatic rings. The second-order valence-corrected chi connectivity index (χ2v) is 11.5. The van der Waals surface area contributed by atoms with E-state index in [0.717, 1.165) is 0 Å². The third kappa shape index (κ3) is 2.92. The normalized spacial score (nSPS) is 38.5. The van der Waals surface area contributed by atoms with Gasteiger partial charge < -0.3 is 4.74 Å². The number of hydrogen-bond donors (Lipinski definition) is 0. The molecule has 4 atom stereocenters. The van der Waals surface area contributed by atoms with Crippen molar-refractivity contribution in [3.63, 3.8) is 0 Å². The highest BCUT2D eigenvalue weighted by molar-refractivity contribution is 8.00. The molecule has 0 spiro atoms. The van der Waals surface area contributed by atoms with Crippen molar-refractivity contribution in [2.24, 2.45) is 22.2 Å². The van der Waals surface area contributed by atoms with Gasteiger partial charge in [-0.25, -0.2) is 0 Å². The van der Waals surface area contributed by atoms with Crippen molar-refractivity contribution in [1.82, 2.24) is 0 Å². The minimum Gasteiger partial charge on any atom is -0.369 e. The molecule has 0 aromatic heterocycles. The molecule has 0 N–H and O–H groups in total. The number of hydrogen-bond acceptors (Lipinski definition) is 2. The van der Waals surface area contributed by atoms with Crippen LogP contribution in [0.5, 0.6) is 0 Å². The van der Waals surface area contributed by atoms with Crippen LogP contribution in [0.25, 0.3) is 0 Å². The van der Waals surface area contributed by atoms with Gasteiger partial charge >= 0.3 is 0 Å². The van der Waals surface area contributed by atoms with Crippen LogP contribution in [0.4, 0.5) is 0 Å². The van der Waals surface area contributed by atoms with Gasteiger partial charge in [-0.15, -0.1) is 0 Å². The SMILES string of the molecule is CC(C)(C)C[C@@]12CSC([C@H](C(C)(C)C)O1)[C@H]2C(C)(C)C. The fraction of sp³-hybridized carbons (Fsp3) is 1.00. The Morgan fingerprint density at radius 1 is 0.950 bits per heavy atom. The minimum absolute atomic E-state index is 0.0871. The number of ether oxygens (including phenoxy) is 1. The molecule has 1 unspecified atom stereocenters. The molecule has 0 aliphatic carbocycles. The molecular formula is C18H34OS. The lowest BCUT2D eigenvalue weighted by Gasteiger charge is -2.42. The summed E-state index contributed by atoms with van der Waals surface area (Å²) in [5, 5.41) is 0.664. The summed E-state index contributed by atoms with van der Waals surface area (Å²) in [4.78, 5) is 0. The van der Waals surface area contributed by atoms with Gasteiger partial charge in [0.1, 0.15) is 0 Å². The Labute approximate surface area is 130 Å². The van der Waals surface area contributed by atoms with E-state index in [0.29, 0.717) is 28.1 Å². The Morgan fingerprint density at radius 3 is 1.90 bits per heavy atom. The van der Waals surface area contributed by atoms with Gasteiger partial charge in [-0.1, -0.05) is 62.3 Å². The molecule has 0 aromatic rings. The van der Waals surface area contributed by atoms with E-state index in [-0.39, 0.29) is 11.0 Å². The van der Waals surface area contributed by atoms with Crippen molar-refractivity contribution in [3.05, 3.63) is 0 Å². The van der Waals surface area contributed by atoms with Crippen LogP contribution in [0.1, 0.15) is 68.7 Å². The highest BCUT2D eigenvalue weighted by Crippen LogP contribution is 2.63. The number of fused-ring (bicyclic) bond motifs is 2. The molecule has 2 heterocycles. The highest BCUT2D eigenvalue weighted by Gasteiger charge is 2.65. The zero-order chi connectivity index (χ0) is 15.6. The molecule has 2 bridgehead atoms. The molecule has 0 radical (unpaired) electrons. The van der Waals surface area contributed by atoms with E-state index < -0.39 is 0 Å². The molecule has 2 rings (SSSR count). The molecule has 20 heavy (non-hydrogen) atoms. The van der Waals surface area contributed by atoms with E-state index in [1.54, 1.807) is 0 Å². The highest BCUT2D eigenvalue weighted by atomic mass is 32.2. The standard InChI is InChI=1S/C18H34OS/c1-15(2,3)10-18-11-20-12(13(18)16(4,5)6)14(19-18)17(7,8)9/h12-14H,10-11H2,1-9H3/t12?,13-,14+,18-/m0/s1. The van der Waals surface area contributed by atoms with Crippen molar-refractivity contribution in [3.8, 4) is 0 Å². The van der Waals surface area contributed by atoms with Gasteiger partial charge in [0, 0.05) is 16.9 Å². The zero-order valence-corrected chi connectivity index (χ0v) is 15.8. The Morgan fingerprint density at radius 2 is 1.50 bits per heavy atom. The summed E-state index contributed by atoms with van der Waals surface area (Å²) >= 11 is 2.18. The topological polar surface area (TPSA) is 9.23 Å². The van der Waals surface area contributed by atoms with Crippen LogP contribution in [0, 0.1) is 22.2 Å². The van der Waals surface area contributed by atoms with Crippen LogP contribution in [-0.2, 0) is 4.74 Å². The van der Waals surface area contributed by atoms with Gasteiger partial charge in [0.05, 0.1) is 11.7 Å². The lowest BCUT2D eigenvalue weighted by atomic mass is 9.65. The zero-order valence-electron chi connectivity index (χ0n) is 15.0. The maximum Gasteiger partial charge on any atom is 0.0826 e. The fourth-order valence-electron chi connectivity index (χ4n) is 4.46. The average Bonchev–Trinajstić information content (AvgIpc) is 2.63. The summed E-state index contributed by atoms with van der Waals surface area (Å²) < 4.78 is 6.81. The van der Waals surface area contributed by atoms with E-state index >= 15 is 0 Å². The first-order valence-electron chi connectivity index (χ1n) is 8.06. The summed E-state index contributed by atoms with van der Waals surface area (Å²) in [6.07, 6.45) is 1.57. The molecule has 1 nitrogen and oxygen atoms in total. The summed E-state index contributed by atoms with van der Waals surface area (Å²) in [6, 6.07) is 0. The third-order valence-corrected chi connectivity index (χ3v) is 6.25. The fourth-order valence-corrected chi connectivity index (χ4v) is 6.78. The van der Waals surface area contributed by atoms with E-state index in [2.05, 4.69) is 74.1 Å². The molecule has 2 saturated heterocycles. The van der Waals surface area contributed by atoms with Crippen molar-refractivity contribution < 1.29 is 4.74 Å². The summed E-state index contributed by atoms with van der Waals surface area (Å²) in [5.74, 6) is 1.85. The molecule has 2 heteroatoms. The van der Waals surface area contributed by atoms with Crippen molar-refractivity contribution in [2.75, 3.05) is 5.75 Å². The largest absolute Gasteiger partial charge is 0.369 e.